The van der Waals surface area contributed by atoms with E-state index in [1.807, 2.05) is 6.92 Å². The lowest BCUT2D eigenvalue weighted by Gasteiger charge is -2.15. The van der Waals surface area contributed by atoms with Crippen LogP contribution in [-0.4, -0.2) is 44.7 Å². The lowest BCUT2D eigenvalue weighted by molar-refractivity contribution is -0.117. The maximum absolute atomic E-state index is 12.1. The van der Waals surface area contributed by atoms with Crippen LogP contribution >= 0.6 is 0 Å². The number of rotatable bonds is 9. The van der Waals surface area contributed by atoms with E-state index >= 15 is 0 Å². The minimum absolute atomic E-state index is 0.127. The molecule has 0 spiro atoms. The molecule has 0 aliphatic heterocycles. The van der Waals surface area contributed by atoms with Crippen LogP contribution < -0.4 is 5.32 Å². The fourth-order valence-electron chi connectivity index (χ4n) is 2.52. The average Bonchev–Trinajstić information content (AvgIpc) is 3.04. The molecule has 1 aromatic heterocycles. The molecule has 8 heteroatoms. The van der Waals surface area contributed by atoms with E-state index in [0.717, 1.165) is 6.42 Å². The number of nitrogens with one attached hydrogen (secondary N) is 1. The first kappa shape index (κ1) is 19.6. The van der Waals surface area contributed by atoms with E-state index in [-0.39, 0.29) is 24.1 Å². The predicted molar refractivity (Wildman–Crippen MR) is 96.4 cm³/mol. The highest BCUT2D eigenvalue weighted by Gasteiger charge is 2.11. The summed E-state index contributed by atoms with van der Waals surface area (Å²) in [6.45, 7) is 6.64. The fraction of sp³-hybridized carbons (Fsp3) is 0.444. The van der Waals surface area contributed by atoms with Gasteiger partial charge in [-0.2, -0.15) is 0 Å². The van der Waals surface area contributed by atoms with Crippen molar-refractivity contribution in [3.8, 4) is 5.69 Å². The maximum atomic E-state index is 12.1. The number of carbonyl (C=O) groups is 2. The lowest BCUT2D eigenvalue weighted by atomic mass is 10.1. The molecule has 0 aliphatic carbocycles. The third-order valence-corrected chi connectivity index (χ3v) is 3.64. The normalized spacial score (nSPS) is 12.2. The summed E-state index contributed by atoms with van der Waals surface area (Å²) in [5.74, 6) is -0.740. The topological polar surface area (TPSA) is 106 Å². The number of anilines is 1. The van der Waals surface area contributed by atoms with E-state index in [2.05, 4.69) is 29.5 Å². The molecular weight excluding hydrogens is 336 g/mol. The Morgan fingerprint density at radius 3 is 2.73 bits per heavy atom. The molecule has 0 radical (unpaired) electrons. The Morgan fingerprint density at radius 1 is 1.31 bits per heavy atom. The highest BCUT2D eigenvalue weighted by Crippen LogP contribution is 2.15. The van der Waals surface area contributed by atoms with Gasteiger partial charge in [0.15, 0.2) is 5.69 Å². The first-order valence-corrected chi connectivity index (χ1v) is 8.52. The van der Waals surface area contributed by atoms with Gasteiger partial charge in [0.25, 0.3) is 0 Å². The van der Waals surface area contributed by atoms with Crippen molar-refractivity contribution in [2.75, 3.05) is 11.9 Å². The van der Waals surface area contributed by atoms with Crippen LogP contribution in [-0.2, 0) is 9.53 Å². The fourth-order valence-corrected chi connectivity index (χ4v) is 2.52. The number of carboxylic acids is 1. The number of aromatic carboxylic acids is 1. The lowest BCUT2D eigenvalue weighted by Crippen LogP contribution is -2.18. The summed E-state index contributed by atoms with van der Waals surface area (Å²) in [6, 6.07) is 6.93. The van der Waals surface area contributed by atoms with Gasteiger partial charge in [0.1, 0.15) is 0 Å². The van der Waals surface area contributed by atoms with Crippen LogP contribution in [0.4, 0.5) is 5.69 Å². The van der Waals surface area contributed by atoms with E-state index < -0.39 is 5.97 Å². The van der Waals surface area contributed by atoms with Crippen LogP contribution in [0.15, 0.2) is 30.5 Å². The van der Waals surface area contributed by atoms with Crippen LogP contribution in [0.25, 0.3) is 5.69 Å². The summed E-state index contributed by atoms with van der Waals surface area (Å²) in [5.41, 5.74) is 1.05. The molecule has 1 amide bonds. The Morgan fingerprint density at radius 2 is 2.08 bits per heavy atom. The highest BCUT2D eigenvalue weighted by atomic mass is 16.5. The number of nitrogens with zero attached hydrogens (tertiary/aromatic N) is 3. The van der Waals surface area contributed by atoms with Gasteiger partial charge >= 0.3 is 5.97 Å². The first-order chi connectivity index (χ1) is 12.3. The summed E-state index contributed by atoms with van der Waals surface area (Å²) in [6.07, 6.45) is 2.66. The molecule has 1 unspecified atom stereocenters. The van der Waals surface area contributed by atoms with E-state index in [1.165, 1.54) is 10.9 Å². The van der Waals surface area contributed by atoms with Crippen LogP contribution in [0.2, 0.25) is 0 Å². The third-order valence-electron chi connectivity index (χ3n) is 3.64. The number of benzene rings is 1. The van der Waals surface area contributed by atoms with E-state index in [0.29, 0.717) is 23.9 Å². The van der Waals surface area contributed by atoms with Crippen molar-refractivity contribution in [3.63, 3.8) is 0 Å². The van der Waals surface area contributed by atoms with E-state index in [1.54, 1.807) is 24.3 Å². The van der Waals surface area contributed by atoms with Gasteiger partial charge in [-0.15, -0.1) is 5.10 Å². The molecule has 2 rings (SSSR count). The van der Waals surface area contributed by atoms with E-state index in [9.17, 15) is 9.59 Å². The Kier molecular flexibility index (Phi) is 6.85. The van der Waals surface area contributed by atoms with Gasteiger partial charge in [0.2, 0.25) is 5.91 Å². The molecule has 26 heavy (non-hydrogen) atoms. The summed E-state index contributed by atoms with van der Waals surface area (Å²) in [5, 5.41) is 19.0. The zero-order valence-electron chi connectivity index (χ0n) is 15.2. The molecule has 1 atom stereocenters. The third kappa shape index (κ3) is 5.96. The smallest absolute Gasteiger partial charge is 0.358 e. The molecule has 8 nitrogen and oxygen atoms in total. The zero-order chi connectivity index (χ0) is 19.1. The average molecular weight is 360 g/mol. The van der Waals surface area contributed by atoms with Crippen LogP contribution in [0.5, 0.6) is 0 Å². The number of hydrogen-bond acceptors (Lipinski definition) is 5. The van der Waals surface area contributed by atoms with Gasteiger partial charge in [-0.3, -0.25) is 4.79 Å². The summed E-state index contributed by atoms with van der Waals surface area (Å²) >= 11 is 0. The molecule has 0 bridgehead atoms. The molecule has 0 saturated carbocycles. The minimum atomic E-state index is -1.15. The zero-order valence-corrected chi connectivity index (χ0v) is 15.2. The van der Waals surface area contributed by atoms with Crippen LogP contribution in [0.1, 0.15) is 44.1 Å². The molecule has 2 N–H and O–H groups in total. The summed E-state index contributed by atoms with van der Waals surface area (Å²) in [4.78, 5) is 22.9. The molecule has 2 aromatic rings. The number of hydrogen-bond donors (Lipinski definition) is 2. The molecule has 1 aromatic carbocycles. The quantitative estimate of drug-likeness (QED) is 0.712. The van der Waals surface area contributed by atoms with E-state index in [4.69, 9.17) is 9.84 Å². The number of carbonyl (C=O) groups excluding carboxylic acids is 1. The number of ether oxygens (including phenoxy) is 1. The molecule has 0 aliphatic rings. The molecule has 0 fully saturated rings. The highest BCUT2D eigenvalue weighted by molar-refractivity contribution is 5.91. The van der Waals surface area contributed by atoms with Crippen molar-refractivity contribution in [1.82, 2.24) is 15.0 Å². The number of amides is 1. The van der Waals surface area contributed by atoms with Crippen molar-refractivity contribution in [2.24, 2.45) is 5.92 Å². The standard InChI is InChI=1S/C18H24N4O4/c1-12(2)9-13(3)26-8-7-17(23)19-14-5-4-6-15(10-14)22-11-16(18(24)25)20-21-22/h4-6,10-13H,7-9H2,1-3H3,(H,19,23)(H,24,25). The van der Waals surface area contributed by atoms with Crippen molar-refractivity contribution >= 4 is 17.6 Å². The van der Waals surface area contributed by atoms with Crippen molar-refractivity contribution in [2.45, 2.75) is 39.7 Å². The maximum Gasteiger partial charge on any atom is 0.358 e. The second-order valence-electron chi connectivity index (χ2n) is 6.51. The van der Waals surface area contributed by atoms with Gasteiger partial charge < -0.3 is 15.2 Å². The van der Waals surface area contributed by atoms with Crippen LogP contribution in [0, 0.1) is 5.92 Å². The SMILES string of the molecule is CC(C)CC(C)OCCC(=O)Nc1cccc(-n2cc(C(=O)O)nn2)c1. The molecule has 0 saturated heterocycles. The number of aromatic nitrogens is 3. The molecule has 140 valence electrons. The Balaban J connectivity index is 1.89. The predicted octanol–water partition coefficient (Wildman–Crippen LogP) is 2.75. The van der Waals surface area contributed by atoms with Gasteiger partial charge in [-0.1, -0.05) is 25.1 Å². The second kappa shape index (κ2) is 9.10. The summed E-state index contributed by atoms with van der Waals surface area (Å²) in [7, 11) is 0. The largest absolute Gasteiger partial charge is 0.476 e. The van der Waals surface area contributed by atoms with Gasteiger partial charge in [0.05, 0.1) is 31.0 Å². The second-order valence-corrected chi connectivity index (χ2v) is 6.51. The van der Waals surface area contributed by atoms with Gasteiger partial charge in [-0.05, 0) is 37.5 Å². The summed E-state index contributed by atoms with van der Waals surface area (Å²) < 4.78 is 6.98. The van der Waals surface area contributed by atoms with Crippen molar-refractivity contribution in [1.29, 1.82) is 0 Å². The van der Waals surface area contributed by atoms with Crippen molar-refractivity contribution in [3.05, 3.63) is 36.2 Å². The van der Waals surface area contributed by atoms with Gasteiger partial charge in [-0.25, -0.2) is 9.48 Å². The first-order valence-electron chi connectivity index (χ1n) is 8.52. The van der Waals surface area contributed by atoms with Crippen LogP contribution in [0.3, 0.4) is 0 Å². The van der Waals surface area contributed by atoms with Gasteiger partial charge in [0, 0.05) is 5.69 Å². The Hall–Kier alpha value is -2.74. The Bertz CT molecular complexity index is 757. The molecular formula is C18H24N4O4. The minimum Gasteiger partial charge on any atom is -0.476 e. The molecule has 1 heterocycles. The van der Waals surface area contributed by atoms with Crippen molar-refractivity contribution < 1.29 is 19.4 Å². The monoisotopic (exact) mass is 360 g/mol. The number of carboxylic acid groups (broad SMARTS) is 1. The Labute approximate surface area is 152 Å².